The number of carboxylic acid groups (broad SMARTS) is 1. The number of hydrogen-bond donors (Lipinski definition) is 1. The van der Waals surface area contributed by atoms with Crippen LogP contribution >= 0.6 is 0 Å². The Morgan fingerprint density at radius 1 is 1.33 bits per heavy atom. The Morgan fingerprint density at radius 2 is 2.00 bits per heavy atom. The zero-order valence-electron chi connectivity index (χ0n) is 12.5. The van der Waals surface area contributed by atoms with Gasteiger partial charge in [0.1, 0.15) is 0 Å². The van der Waals surface area contributed by atoms with E-state index < -0.39 is 11.9 Å². The zero-order valence-corrected chi connectivity index (χ0v) is 12.5. The van der Waals surface area contributed by atoms with Crippen LogP contribution in [-0.2, 0) is 11.3 Å². The number of urea groups is 1. The van der Waals surface area contributed by atoms with Crippen molar-refractivity contribution in [1.82, 2.24) is 9.80 Å². The molecule has 1 aromatic carbocycles. The Labute approximate surface area is 125 Å². The Hall–Kier alpha value is -2.04. The third-order valence-corrected chi connectivity index (χ3v) is 3.87. The summed E-state index contributed by atoms with van der Waals surface area (Å²) in [7, 11) is 0. The highest BCUT2D eigenvalue weighted by atomic mass is 16.4. The number of rotatable bonds is 4. The van der Waals surface area contributed by atoms with Crippen LogP contribution in [0.15, 0.2) is 30.3 Å². The average molecular weight is 290 g/mol. The zero-order chi connectivity index (χ0) is 15.4. The van der Waals surface area contributed by atoms with Crippen molar-refractivity contribution in [1.29, 1.82) is 0 Å². The first kappa shape index (κ1) is 15.4. The number of benzene rings is 1. The second kappa shape index (κ2) is 6.61. The van der Waals surface area contributed by atoms with Crippen molar-refractivity contribution in [2.45, 2.75) is 32.9 Å². The number of likely N-dealkylation sites (tertiary alicyclic amines) is 1. The van der Waals surface area contributed by atoms with Gasteiger partial charge in [0.2, 0.25) is 0 Å². The minimum Gasteiger partial charge on any atom is -0.481 e. The standard InChI is InChI=1S/C16H22N2O3/c1-12(2)18(10-13-6-4-3-5-7-13)16(21)17-9-8-14(11-17)15(19)20/h3-7,12,14H,8-11H2,1-2H3,(H,19,20). The fourth-order valence-electron chi connectivity index (χ4n) is 2.57. The SMILES string of the molecule is CC(C)N(Cc1ccccc1)C(=O)N1CCC(C(=O)O)C1. The molecule has 21 heavy (non-hydrogen) atoms. The molecule has 0 aromatic heterocycles. The molecule has 0 saturated carbocycles. The number of hydrogen-bond acceptors (Lipinski definition) is 2. The van der Waals surface area contributed by atoms with Crippen LogP contribution in [0.4, 0.5) is 4.79 Å². The molecule has 1 saturated heterocycles. The highest BCUT2D eigenvalue weighted by Crippen LogP contribution is 2.20. The lowest BCUT2D eigenvalue weighted by atomic mass is 10.1. The summed E-state index contributed by atoms with van der Waals surface area (Å²) in [5.41, 5.74) is 1.08. The van der Waals surface area contributed by atoms with Gasteiger partial charge in [-0.15, -0.1) is 0 Å². The monoisotopic (exact) mass is 290 g/mol. The van der Waals surface area contributed by atoms with Gasteiger partial charge in [0.25, 0.3) is 0 Å². The first-order valence-corrected chi connectivity index (χ1v) is 7.31. The number of carboxylic acids is 1. The summed E-state index contributed by atoms with van der Waals surface area (Å²) < 4.78 is 0. The molecule has 2 rings (SSSR count). The molecule has 5 heteroatoms. The van der Waals surface area contributed by atoms with E-state index in [1.54, 1.807) is 9.80 Å². The number of aliphatic carboxylic acids is 1. The van der Waals surface area contributed by atoms with Gasteiger partial charge in [0, 0.05) is 25.7 Å². The Morgan fingerprint density at radius 3 is 2.52 bits per heavy atom. The van der Waals surface area contributed by atoms with E-state index in [-0.39, 0.29) is 12.1 Å². The molecule has 0 spiro atoms. The smallest absolute Gasteiger partial charge is 0.320 e. The first-order valence-electron chi connectivity index (χ1n) is 7.31. The predicted octanol–water partition coefficient (Wildman–Crippen LogP) is 2.42. The molecule has 1 aliphatic heterocycles. The molecule has 1 aromatic rings. The lowest BCUT2D eigenvalue weighted by Crippen LogP contribution is -2.45. The minimum atomic E-state index is -0.815. The van der Waals surface area contributed by atoms with Crippen LogP contribution in [0.25, 0.3) is 0 Å². The summed E-state index contributed by atoms with van der Waals surface area (Å²) in [6.07, 6.45) is 0.540. The number of nitrogens with zero attached hydrogens (tertiary/aromatic N) is 2. The second-order valence-corrected chi connectivity index (χ2v) is 5.76. The van der Waals surface area contributed by atoms with E-state index in [2.05, 4.69) is 0 Å². The highest BCUT2D eigenvalue weighted by Gasteiger charge is 2.33. The predicted molar refractivity (Wildman–Crippen MR) is 79.8 cm³/mol. The van der Waals surface area contributed by atoms with Gasteiger partial charge >= 0.3 is 12.0 Å². The van der Waals surface area contributed by atoms with Crippen molar-refractivity contribution in [3.63, 3.8) is 0 Å². The van der Waals surface area contributed by atoms with Gasteiger partial charge in [0.05, 0.1) is 5.92 Å². The lowest BCUT2D eigenvalue weighted by molar-refractivity contribution is -0.141. The van der Waals surface area contributed by atoms with Crippen LogP contribution in [-0.4, -0.2) is 46.0 Å². The van der Waals surface area contributed by atoms with Crippen molar-refractivity contribution in [3.05, 3.63) is 35.9 Å². The summed E-state index contributed by atoms with van der Waals surface area (Å²) in [6, 6.07) is 9.84. The Balaban J connectivity index is 2.05. The molecule has 0 aliphatic carbocycles. The van der Waals surface area contributed by atoms with E-state index in [9.17, 15) is 9.59 Å². The molecule has 0 radical (unpaired) electrons. The first-order chi connectivity index (χ1) is 9.99. The fraction of sp³-hybridized carbons (Fsp3) is 0.500. The third-order valence-electron chi connectivity index (χ3n) is 3.87. The van der Waals surface area contributed by atoms with Gasteiger partial charge in [-0.2, -0.15) is 0 Å². The van der Waals surface area contributed by atoms with Crippen molar-refractivity contribution < 1.29 is 14.7 Å². The largest absolute Gasteiger partial charge is 0.481 e. The van der Waals surface area contributed by atoms with E-state index >= 15 is 0 Å². The average Bonchev–Trinajstić information content (AvgIpc) is 2.95. The molecular weight excluding hydrogens is 268 g/mol. The van der Waals surface area contributed by atoms with Gasteiger partial charge in [-0.25, -0.2) is 4.79 Å². The van der Waals surface area contributed by atoms with Crippen molar-refractivity contribution in [2.24, 2.45) is 5.92 Å². The fourth-order valence-corrected chi connectivity index (χ4v) is 2.57. The van der Waals surface area contributed by atoms with Crippen LogP contribution in [0.2, 0.25) is 0 Å². The van der Waals surface area contributed by atoms with Crippen LogP contribution in [0.3, 0.4) is 0 Å². The topological polar surface area (TPSA) is 60.9 Å². The summed E-state index contributed by atoms with van der Waals surface area (Å²) in [5, 5.41) is 9.04. The van der Waals surface area contributed by atoms with Crippen molar-refractivity contribution >= 4 is 12.0 Å². The molecular formula is C16H22N2O3. The molecule has 2 amide bonds. The van der Waals surface area contributed by atoms with Gasteiger partial charge in [-0.1, -0.05) is 30.3 Å². The van der Waals surface area contributed by atoms with Gasteiger partial charge < -0.3 is 14.9 Å². The molecule has 5 nitrogen and oxygen atoms in total. The van der Waals surface area contributed by atoms with E-state index in [1.807, 2.05) is 44.2 Å². The molecule has 1 heterocycles. The van der Waals surface area contributed by atoms with E-state index in [1.165, 1.54) is 0 Å². The molecule has 1 N–H and O–H groups in total. The van der Waals surface area contributed by atoms with Crippen molar-refractivity contribution in [2.75, 3.05) is 13.1 Å². The second-order valence-electron chi connectivity index (χ2n) is 5.76. The molecule has 1 unspecified atom stereocenters. The molecule has 1 fully saturated rings. The number of amides is 2. The minimum absolute atomic E-state index is 0.0709. The van der Waals surface area contributed by atoms with Crippen LogP contribution < -0.4 is 0 Å². The summed E-state index contributed by atoms with van der Waals surface area (Å²) in [5.74, 6) is -1.25. The number of carbonyl (C=O) groups is 2. The summed E-state index contributed by atoms with van der Waals surface area (Å²) in [6.45, 7) is 5.34. The van der Waals surface area contributed by atoms with Gasteiger partial charge in [-0.3, -0.25) is 4.79 Å². The Bertz CT molecular complexity index is 502. The highest BCUT2D eigenvalue weighted by molar-refractivity contribution is 5.77. The van der Waals surface area contributed by atoms with E-state index in [4.69, 9.17) is 5.11 Å². The maximum atomic E-state index is 12.6. The van der Waals surface area contributed by atoms with E-state index in [0.29, 0.717) is 26.1 Å². The maximum Gasteiger partial charge on any atom is 0.320 e. The van der Waals surface area contributed by atoms with Crippen LogP contribution in [0.1, 0.15) is 25.8 Å². The van der Waals surface area contributed by atoms with Crippen LogP contribution in [0.5, 0.6) is 0 Å². The normalized spacial score (nSPS) is 18.0. The molecule has 114 valence electrons. The van der Waals surface area contributed by atoms with Gasteiger partial charge in [0.15, 0.2) is 0 Å². The van der Waals surface area contributed by atoms with Crippen molar-refractivity contribution in [3.8, 4) is 0 Å². The van der Waals surface area contributed by atoms with E-state index in [0.717, 1.165) is 5.56 Å². The maximum absolute atomic E-state index is 12.6. The van der Waals surface area contributed by atoms with Crippen LogP contribution in [0, 0.1) is 5.92 Å². The lowest BCUT2D eigenvalue weighted by Gasteiger charge is -2.31. The Kier molecular flexibility index (Phi) is 4.83. The number of carbonyl (C=O) groups excluding carboxylic acids is 1. The summed E-state index contributed by atoms with van der Waals surface area (Å²) in [4.78, 5) is 27.1. The van der Waals surface area contributed by atoms with Gasteiger partial charge in [-0.05, 0) is 25.8 Å². The summed E-state index contributed by atoms with van der Waals surface area (Å²) >= 11 is 0. The third kappa shape index (κ3) is 3.74. The molecule has 0 bridgehead atoms. The molecule has 1 aliphatic rings. The quantitative estimate of drug-likeness (QED) is 0.926. The molecule has 1 atom stereocenters.